The van der Waals surface area contributed by atoms with E-state index in [1.807, 2.05) is 218 Å². The Labute approximate surface area is 519 Å². The quantitative estimate of drug-likeness (QED) is 0.0822. The fourth-order valence-electron chi connectivity index (χ4n) is 9.32. The number of hydrogen-bond acceptors (Lipinski definition) is 16. The number of aromatic nitrogens is 10. The van der Waals surface area contributed by atoms with Crippen LogP contribution in [-0.2, 0) is 41.9 Å². The van der Waals surface area contributed by atoms with Crippen molar-refractivity contribution >= 4 is 23.6 Å². The monoisotopic (exact) mass is 1240 g/mol. The molecule has 0 N–H and O–H groups in total. The molecular formula is C70H62N12O4Ru. The molecule has 2 aliphatic heterocycles. The van der Waals surface area contributed by atoms with Gasteiger partial charge in [0, 0.05) is 111 Å². The standard InChI is InChI=1S/2C25H24N4O2.2C10H8N2.Ru/c2*1-18-7-12-28-24(16-18)29-14-9-20(10-15-29)21(25(30)31)6-5-19-8-13-27-23(17-19)22-4-2-3-11-26-22;2*1-3-7-11-9(5-1)10-6-2-4-8-12-10;/h2*2-4,7-14,16-17,21H,5-6,15H2,1H3,(H,30,31);2*1-8H;/q;;;;+2/p-2. The van der Waals surface area contributed by atoms with Crippen molar-refractivity contribution in [3.63, 3.8) is 0 Å². The minimum atomic E-state index is -1.06. The first-order chi connectivity index (χ1) is 42.1. The molecule has 0 radical (unpaired) electrons. The van der Waals surface area contributed by atoms with Crippen LogP contribution in [0.15, 0.2) is 268 Å². The van der Waals surface area contributed by atoms with E-state index in [9.17, 15) is 19.8 Å². The molecule has 434 valence electrons. The predicted octanol–water partition coefficient (Wildman–Crippen LogP) is 10.5. The van der Waals surface area contributed by atoms with Crippen LogP contribution in [0.25, 0.3) is 45.6 Å². The van der Waals surface area contributed by atoms with Gasteiger partial charge in [-0.15, -0.1) is 0 Å². The summed E-state index contributed by atoms with van der Waals surface area (Å²) in [5, 5.41) is 23.7. The molecule has 2 aliphatic rings. The summed E-state index contributed by atoms with van der Waals surface area (Å²) >= 11 is 0. The van der Waals surface area contributed by atoms with E-state index in [2.05, 4.69) is 49.8 Å². The van der Waals surface area contributed by atoms with Crippen LogP contribution in [-0.4, -0.2) is 74.9 Å². The van der Waals surface area contributed by atoms with Crippen LogP contribution in [0.3, 0.4) is 0 Å². The van der Waals surface area contributed by atoms with Gasteiger partial charge in [-0.1, -0.05) is 48.6 Å². The second-order valence-corrected chi connectivity index (χ2v) is 19.9. The van der Waals surface area contributed by atoms with Gasteiger partial charge in [0.2, 0.25) is 0 Å². The third-order valence-electron chi connectivity index (χ3n) is 13.8. The van der Waals surface area contributed by atoms with E-state index >= 15 is 0 Å². The summed E-state index contributed by atoms with van der Waals surface area (Å²) in [6.45, 7) is 5.19. The van der Waals surface area contributed by atoms with Crippen LogP contribution in [0.1, 0.15) is 35.1 Å². The Morgan fingerprint density at radius 1 is 0.391 bits per heavy atom. The fourth-order valence-corrected chi connectivity index (χ4v) is 9.32. The zero-order valence-corrected chi connectivity index (χ0v) is 49.7. The van der Waals surface area contributed by atoms with Crippen LogP contribution in [0.4, 0.5) is 11.6 Å². The number of carboxylic acid groups (broad SMARTS) is 2. The Balaban J connectivity index is 0.000000163. The maximum atomic E-state index is 11.9. The number of hydrogen-bond donors (Lipinski definition) is 0. The summed E-state index contributed by atoms with van der Waals surface area (Å²) in [6, 6.07) is 50.2. The molecule has 0 aliphatic carbocycles. The molecular weight excluding hydrogens is 1170 g/mol. The van der Waals surface area contributed by atoms with Crippen molar-refractivity contribution < 1.29 is 39.3 Å². The van der Waals surface area contributed by atoms with Gasteiger partial charge in [0.1, 0.15) is 11.6 Å². The molecule has 0 spiro atoms. The number of carboxylic acids is 2. The number of aliphatic carboxylic acids is 2. The van der Waals surface area contributed by atoms with Crippen LogP contribution < -0.4 is 20.0 Å². The van der Waals surface area contributed by atoms with Crippen LogP contribution in [0.2, 0.25) is 0 Å². The SMILES string of the molecule is Cc1ccnc(N2C=CC(C(CCc3ccnc(-c4ccccn4)c3)C(=O)[O-])=CC2)c1.Cc1ccnc(N2C=CC(C(CCc3ccnc(-c4ccccn4)c3)C(=O)[O-])=CC2)c1.[Ru+2].c1ccc(-c2ccccn2)nc1.c1ccc(-c2ccccn2)nc1. The minimum Gasteiger partial charge on any atom is -0.549 e. The number of aryl methyl sites for hydroxylation is 4. The molecule has 12 rings (SSSR count). The Hall–Kier alpha value is -10.4. The van der Waals surface area contributed by atoms with Crippen LogP contribution in [0, 0.1) is 25.7 Å². The molecule has 0 bridgehead atoms. The normalized spacial score (nSPS) is 12.8. The summed E-state index contributed by atoms with van der Waals surface area (Å²) in [5.41, 5.74) is 12.6. The Kier molecular flexibility index (Phi) is 23.5. The van der Waals surface area contributed by atoms with Gasteiger partial charge in [0.25, 0.3) is 0 Å². The van der Waals surface area contributed by atoms with Gasteiger partial charge in [0.15, 0.2) is 0 Å². The van der Waals surface area contributed by atoms with E-state index in [4.69, 9.17) is 0 Å². The van der Waals surface area contributed by atoms with Crippen molar-refractivity contribution in [1.29, 1.82) is 0 Å². The molecule has 0 amide bonds. The van der Waals surface area contributed by atoms with Crippen molar-refractivity contribution in [1.82, 2.24) is 49.8 Å². The van der Waals surface area contributed by atoms with E-state index in [0.717, 1.165) is 90.6 Å². The Morgan fingerprint density at radius 2 is 0.690 bits per heavy atom. The predicted molar refractivity (Wildman–Crippen MR) is 331 cm³/mol. The molecule has 2 unspecified atom stereocenters. The summed E-state index contributed by atoms with van der Waals surface area (Å²) in [6.07, 6.45) is 31.0. The molecule has 0 fully saturated rings. The Morgan fingerprint density at radius 3 is 0.954 bits per heavy atom. The summed E-state index contributed by atoms with van der Waals surface area (Å²) in [5.74, 6) is -1.77. The van der Waals surface area contributed by atoms with Crippen molar-refractivity contribution in [3.05, 3.63) is 290 Å². The van der Waals surface area contributed by atoms with Gasteiger partial charge < -0.3 is 29.6 Å². The Bertz CT molecular complexity index is 3570. The molecule has 2 atom stereocenters. The second kappa shape index (κ2) is 32.6. The number of carbonyl (C=O) groups is 2. The van der Waals surface area contributed by atoms with Gasteiger partial charge in [-0.25, -0.2) is 9.97 Å². The minimum absolute atomic E-state index is 0. The largest absolute Gasteiger partial charge is 2.00 e. The third kappa shape index (κ3) is 18.8. The van der Waals surface area contributed by atoms with Gasteiger partial charge >= 0.3 is 19.5 Å². The van der Waals surface area contributed by atoms with E-state index < -0.39 is 23.8 Å². The first-order valence-corrected chi connectivity index (χ1v) is 28.1. The van der Waals surface area contributed by atoms with Crippen molar-refractivity contribution in [2.24, 2.45) is 11.8 Å². The first-order valence-electron chi connectivity index (χ1n) is 28.1. The zero-order chi connectivity index (χ0) is 59.7. The summed E-state index contributed by atoms with van der Waals surface area (Å²) in [4.78, 5) is 70.7. The summed E-state index contributed by atoms with van der Waals surface area (Å²) < 4.78 is 0. The molecule has 16 nitrogen and oxygen atoms in total. The maximum Gasteiger partial charge on any atom is 2.00 e. The number of allylic oxidation sites excluding steroid dienone is 2. The molecule has 87 heavy (non-hydrogen) atoms. The number of nitrogens with zero attached hydrogens (tertiary/aromatic N) is 12. The smallest absolute Gasteiger partial charge is 0.549 e. The summed E-state index contributed by atoms with van der Waals surface area (Å²) in [7, 11) is 0. The van der Waals surface area contributed by atoms with E-state index in [0.29, 0.717) is 38.8 Å². The van der Waals surface area contributed by atoms with Gasteiger partial charge in [-0.05, 0) is 206 Å². The number of anilines is 2. The van der Waals surface area contributed by atoms with Crippen LogP contribution in [0.5, 0.6) is 0 Å². The van der Waals surface area contributed by atoms with Gasteiger partial charge in [-0.3, -0.25) is 39.9 Å². The fraction of sp³-hybridized carbons (Fsp3) is 0.143. The van der Waals surface area contributed by atoms with Crippen molar-refractivity contribution in [3.8, 4) is 45.6 Å². The topological polar surface area (TPSA) is 216 Å². The number of pyridine rings is 10. The van der Waals surface area contributed by atoms with Crippen molar-refractivity contribution in [2.45, 2.75) is 39.5 Å². The second-order valence-electron chi connectivity index (χ2n) is 19.9. The average Bonchev–Trinajstić information content (AvgIpc) is 3.77. The molecule has 0 saturated heterocycles. The maximum absolute atomic E-state index is 11.9. The van der Waals surface area contributed by atoms with Gasteiger partial charge in [-0.2, -0.15) is 0 Å². The van der Waals surface area contributed by atoms with E-state index in [1.54, 1.807) is 62.0 Å². The molecule has 0 aromatic carbocycles. The van der Waals surface area contributed by atoms with E-state index in [-0.39, 0.29) is 19.5 Å². The van der Waals surface area contributed by atoms with E-state index in [1.165, 1.54) is 0 Å². The molecule has 0 saturated carbocycles. The third-order valence-corrected chi connectivity index (χ3v) is 13.8. The first kappa shape index (κ1) is 62.7. The average molecular weight is 1240 g/mol. The molecule has 10 aromatic heterocycles. The van der Waals surface area contributed by atoms with Crippen molar-refractivity contribution in [2.75, 3.05) is 22.9 Å². The zero-order valence-electron chi connectivity index (χ0n) is 48.0. The van der Waals surface area contributed by atoms with Crippen LogP contribution >= 0.6 is 0 Å². The van der Waals surface area contributed by atoms with Gasteiger partial charge in [0.05, 0.1) is 45.6 Å². The molecule has 10 aromatic rings. The number of carbonyl (C=O) groups excluding carboxylic acids is 2. The number of rotatable bonds is 16. The molecule has 17 heteroatoms. The molecule has 12 heterocycles.